The van der Waals surface area contributed by atoms with Crippen LogP contribution in [0.15, 0.2) is 29.0 Å². The van der Waals surface area contributed by atoms with E-state index in [-0.39, 0.29) is 12.0 Å². The monoisotopic (exact) mass is 275 g/mol. The molecule has 1 atom stereocenters. The third-order valence-electron chi connectivity index (χ3n) is 3.77. The van der Waals surface area contributed by atoms with Crippen molar-refractivity contribution in [2.75, 3.05) is 18.5 Å². The van der Waals surface area contributed by atoms with E-state index in [9.17, 15) is 5.11 Å². The summed E-state index contributed by atoms with van der Waals surface area (Å²) < 4.78 is 5.19. The summed E-state index contributed by atoms with van der Waals surface area (Å²) in [6.45, 7) is 7.10. The number of nitrogens with zero attached hydrogens (tertiary/aromatic N) is 2. The molecule has 20 heavy (non-hydrogen) atoms. The smallest absolute Gasteiger partial charge is 0.247 e. The van der Waals surface area contributed by atoms with Crippen LogP contribution in [-0.4, -0.2) is 28.5 Å². The van der Waals surface area contributed by atoms with Crippen molar-refractivity contribution >= 4 is 5.69 Å². The molecule has 108 valence electrons. The number of hydrogen-bond acceptors (Lipinski definition) is 5. The van der Waals surface area contributed by atoms with Gasteiger partial charge in [-0.1, -0.05) is 13.8 Å². The van der Waals surface area contributed by atoms with Crippen molar-refractivity contribution in [1.29, 1.82) is 0 Å². The molecule has 0 saturated carbocycles. The molecule has 0 fully saturated rings. The number of aromatic nitrogens is 2. The van der Waals surface area contributed by atoms with Gasteiger partial charge in [-0.2, -0.15) is 0 Å². The quantitative estimate of drug-likeness (QED) is 0.848. The van der Waals surface area contributed by atoms with E-state index in [1.165, 1.54) is 6.39 Å². The zero-order chi connectivity index (χ0) is 14.6. The number of anilines is 1. The van der Waals surface area contributed by atoms with Crippen LogP contribution in [0.25, 0.3) is 11.5 Å². The van der Waals surface area contributed by atoms with Gasteiger partial charge in [0.2, 0.25) is 12.3 Å². The van der Waals surface area contributed by atoms with Gasteiger partial charge in [-0.05, 0) is 37.1 Å². The number of nitrogens with one attached hydrogen (secondary N) is 1. The Labute approximate surface area is 119 Å². The van der Waals surface area contributed by atoms with E-state index in [0.717, 1.165) is 29.8 Å². The lowest BCUT2D eigenvalue weighted by Crippen LogP contribution is -2.29. The Morgan fingerprint density at radius 2 is 2.20 bits per heavy atom. The number of aliphatic hydroxyl groups excluding tert-OH is 1. The molecule has 0 saturated heterocycles. The van der Waals surface area contributed by atoms with Crippen LogP contribution in [-0.2, 0) is 0 Å². The van der Waals surface area contributed by atoms with E-state index in [1.54, 1.807) is 0 Å². The van der Waals surface area contributed by atoms with Gasteiger partial charge in [-0.3, -0.25) is 0 Å². The normalized spacial score (nSPS) is 14.0. The molecule has 0 bridgehead atoms. The van der Waals surface area contributed by atoms with Crippen LogP contribution >= 0.6 is 0 Å². The lowest BCUT2D eigenvalue weighted by Gasteiger charge is -2.26. The maximum Gasteiger partial charge on any atom is 0.247 e. The molecule has 0 spiro atoms. The molecule has 1 heterocycles. The first-order valence-electron chi connectivity index (χ1n) is 6.80. The number of rotatable bonds is 6. The molecule has 2 N–H and O–H groups in total. The second kappa shape index (κ2) is 6.05. The predicted octanol–water partition coefficient (Wildman–Crippen LogP) is 2.87. The lowest BCUT2D eigenvalue weighted by molar-refractivity contribution is 0.149. The minimum atomic E-state index is -0.0996. The first-order valence-corrected chi connectivity index (χ1v) is 6.80. The van der Waals surface area contributed by atoms with Gasteiger partial charge >= 0.3 is 0 Å². The molecule has 5 nitrogen and oxygen atoms in total. The summed E-state index contributed by atoms with van der Waals surface area (Å²) >= 11 is 0. The zero-order valence-electron chi connectivity index (χ0n) is 12.2. The molecule has 2 rings (SSSR count). The second-order valence-corrected chi connectivity index (χ2v) is 5.45. The maximum absolute atomic E-state index is 9.43. The number of aryl methyl sites for hydroxylation is 1. The Morgan fingerprint density at radius 1 is 1.40 bits per heavy atom. The Hall–Kier alpha value is -1.88. The first-order chi connectivity index (χ1) is 9.58. The van der Waals surface area contributed by atoms with Crippen LogP contribution in [0.5, 0.6) is 0 Å². The number of benzene rings is 1. The molecule has 5 heteroatoms. The van der Waals surface area contributed by atoms with Crippen molar-refractivity contribution in [3.8, 4) is 11.5 Å². The van der Waals surface area contributed by atoms with E-state index in [0.29, 0.717) is 5.89 Å². The minimum Gasteiger partial charge on any atom is -0.423 e. The van der Waals surface area contributed by atoms with Crippen LogP contribution in [0.2, 0.25) is 0 Å². The Bertz CT molecular complexity index is 548. The average Bonchev–Trinajstić information content (AvgIpc) is 3.00. The summed E-state index contributed by atoms with van der Waals surface area (Å²) in [6, 6.07) is 5.96. The molecule has 0 radical (unpaired) electrons. The topological polar surface area (TPSA) is 71.2 Å². The van der Waals surface area contributed by atoms with Gasteiger partial charge in [-0.25, -0.2) is 0 Å². The molecular formula is C15H21N3O2. The molecule has 0 aliphatic rings. The summed E-state index contributed by atoms with van der Waals surface area (Å²) in [5.74, 6) is 0.522. The second-order valence-electron chi connectivity index (χ2n) is 5.45. The Kier molecular flexibility index (Phi) is 4.39. The lowest BCUT2D eigenvalue weighted by atomic mass is 9.88. The van der Waals surface area contributed by atoms with Crippen molar-refractivity contribution in [2.45, 2.75) is 27.2 Å². The Balaban J connectivity index is 2.11. The highest BCUT2D eigenvalue weighted by Gasteiger charge is 2.20. The van der Waals surface area contributed by atoms with Gasteiger partial charge in [0.05, 0.1) is 6.61 Å². The first kappa shape index (κ1) is 14.5. The van der Waals surface area contributed by atoms with Crippen molar-refractivity contribution in [1.82, 2.24) is 10.2 Å². The fourth-order valence-electron chi connectivity index (χ4n) is 1.90. The fraction of sp³-hybridized carbons (Fsp3) is 0.467. The maximum atomic E-state index is 9.43. The van der Waals surface area contributed by atoms with Crippen LogP contribution in [0.1, 0.15) is 25.8 Å². The summed E-state index contributed by atoms with van der Waals surface area (Å²) in [5.41, 5.74) is 2.97. The summed E-state index contributed by atoms with van der Waals surface area (Å²) in [5, 5.41) is 20.4. The SMILES string of the molecule is CCC(C)(CO)CNc1ccc(-c2nnco2)cc1C. The third-order valence-corrected chi connectivity index (χ3v) is 3.77. The summed E-state index contributed by atoms with van der Waals surface area (Å²) in [4.78, 5) is 0. The predicted molar refractivity (Wildman–Crippen MR) is 78.4 cm³/mol. The van der Waals surface area contributed by atoms with E-state index in [2.05, 4.69) is 29.4 Å². The van der Waals surface area contributed by atoms with Crippen molar-refractivity contribution in [2.24, 2.45) is 5.41 Å². The van der Waals surface area contributed by atoms with E-state index in [4.69, 9.17) is 4.42 Å². The fourth-order valence-corrected chi connectivity index (χ4v) is 1.90. The van der Waals surface area contributed by atoms with Crippen LogP contribution in [0.4, 0.5) is 5.69 Å². The van der Waals surface area contributed by atoms with Crippen LogP contribution < -0.4 is 5.32 Å². The minimum absolute atomic E-state index is 0.0996. The van der Waals surface area contributed by atoms with E-state index >= 15 is 0 Å². The van der Waals surface area contributed by atoms with Crippen molar-refractivity contribution in [3.63, 3.8) is 0 Å². The van der Waals surface area contributed by atoms with Gasteiger partial charge in [0.1, 0.15) is 0 Å². The van der Waals surface area contributed by atoms with Gasteiger partial charge in [-0.15, -0.1) is 10.2 Å². The molecule has 0 amide bonds. The van der Waals surface area contributed by atoms with Crippen molar-refractivity contribution < 1.29 is 9.52 Å². The Morgan fingerprint density at radius 3 is 2.75 bits per heavy atom. The molecule has 0 aliphatic carbocycles. The van der Waals surface area contributed by atoms with Crippen LogP contribution in [0, 0.1) is 12.3 Å². The molecule has 1 unspecified atom stereocenters. The largest absolute Gasteiger partial charge is 0.423 e. The van der Waals surface area contributed by atoms with E-state index < -0.39 is 0 Å². The number of aliphatic hydroxyl groups is 1. The highest BCUT2D eigenvalue weighted by molar-refractivity contribution is 5.62. The van der Waals surface area contributed by atoms with E-state index in [1.807, 2.05) is 25.1 Å². The highest BCUT2D eigenvalue weighted by Crippen LogP contribution is 2.25. The van der Waals surface area contributed by atoms with Crippen LogP contribution in [0.3, 0.4) is 0 Å². The molecule has 1 aromatic heterocycles. The summed E-state index contributed by atoms with van der Waals surface area (Å²) in [6.07, 6.45) is 2.25. The van der Waals surface area contributed by atoms with Gasteiger partial charge in [0, 0.05) is 23.2 Å². The zero-order valence-corrected chi connectivity index (χ0v) is 12.2. The van der Waals surface area contributed by atoms with Gasteiger partial charge < -0.3 is 14.8 Å². The number of hydrogen-bond donors (Lipinski definition) is 2. The molecular weight excluding hydrogens is 254 g/mol. The van der Waals surface area contributed by atoms with Gasteiger partial charge in [0.15, 0.2) is 0 Å². The highest BCUT2D eigenvalue weighted by atomic mass is 16.4. The van der Waals surface area contributed by atoms with Gasteiger partial charge in [0.25, 0.3) is 0 Å². The standard InChI is InChI=1S/C15H21N3O2/c1-4-15(3,9-19)8-16-13-6-5-12(7-11(13)2)14-18-17-10-20-14/h5-7,10,16,19H,4,8-9H2,1-3H3. The molecule has 1 aromatic carbocycles. The molecule has 0 aliphatic heterocycles. The third kappa shape index (κ3) is 3.17. The molecule has 2 aromatic rings. The van der Waals surface area contributed by atoms with Crippen molar-refractivity contribution in [3.05, 3.63) is 30.2 Å². The summed E-state index contributed by atoms with van der Waals surface area (Å²) in [7, 11) is 0. The average molecular weight is 275 g/mol.